The zero-order valence-corrected chi connectivity index (χ0v) is 12.9. The van der Waals surface area contributed by atoms with E-state index in [0.717, 1.165) is 32.7 Å². The minimum atomic E-state index is 0.289. The third kappa shape index (κ3) is 4.43. The first kappa shape index (κ1) is 15.7. The molecule has 2 aliphatic rings. The van der Waals surface area contributed by atoms with Crippen LogP contribution in [0.5, 0.6) is 0 Å². The zero-order chi connectivity index (χ0) is 14.4. The molecule has 0 aromatic heterocycles. The maximum absolute atomic E-state index is 12.5. The normalized spacial score (nSPS) is 22.4. The van der Waals surface area contributed by atoms with Crippen LogP contribution in [0.3, 0.4) is 0 Å². The second-order valence-electron chi connectivity index (χ2n) is 6.24. The highest BCUT2D eigenvalue weighted by Crippen LogP contribution is 2.22. The van der Waals surface area contributed by atoms with Gasteiger partial charge in [-0.25, -0.2) is 0 Å². The Labute approximate surface area is 123 Å². The number of nitrogens with two attached hydrogens (primary N) is 1. The van der Waals surface area contributed by atoms with Crippen LogP contribution in [0.15, 0.2) is 0 Å². The highest BCUT2D eigenvalue weighted by molar-refractivity contribution is 5.78. The molecule has 0 bridgehead atoms. The number of hydrogen-bond donors (Lipinski definition) is 1. The van der Waals surface area contributed by atoms with Crippen LogP contribution in [0.1, 0.15) is 32.1 Å². The Balaban J connectivity index is 1.84. The van der Waals surface area contributed by atoms with E-state index in [1.54, 1.807) is 0 Å². The van der Waals surface area contributed by atoms with Crippen molar-refractivity contribution in [1.82, 2.24) is 14.7 Å². The number of carbonyl (C=O) groups is 1. The predicted octanol–water partition coefficient (Wildman–Crippen LogP) is 0.354. The van der Waals surface area contributed by atoms with Gasteiger partial charge in [-0.1, -0.05) is 19.3 Å². The predicted molar refractivity (Wildman–Crippen MR) is 81.6 cm³/mol. The highest BCUT2D eigenvalue weighted by atomic mass is 16.2. The monoisotopic (exact) mass is 282 g/mol. The molecule has 5 nitrogen and oxygen atoms in total. The molecule has 20 heavy (non-hydrogen) atoms. The van der Waals surface area contributed by atoms with E-state index in [4.69, 9.17) is 5.73 Å². The molecule has 1 saturated heterocycles. The van der Waals surface area contributed by atoms with E-state index in [1.165, 1.54) is 32.1 Å². The van der Waals surface area contributed by atoms with Gasteiger partial charge in [0.05, 0.1) is 6.54 Å². The van der Waals surface area contributed by atoms with E-state index in [2.05, 4.69) is 16.8 Å². The average molecular weight is 282 g/mol. The van der Waals surface area contributed by atoms with Gasteiger partial charge in [0.15, 0.2) is 0 Å². The molecule has 0 unspecified atom stereocenters. The van der Waals surface area contributed by atoms with Gasteiger partial charge in [-0.2, -0.15) is 0 Å². The molecule has 0 spiro atoms. The fraction of sp³-hybridized carbons (Fsp3) is 0.933. The van der Waals surface area contributed by atoms with E-state index in [9.17, 15) is 4.79 Å². The second-order valence-corrected chi connectivity index (χ2v) is 6.24. The molecule has 1 saturated carbocycles. The number of piperazine rings is 1. The molecule has 0 atom stereocenters. The van der Waals surface area contributed by atoms with Crippen LogP contribution in [0.2, 0.25) is 0 Å². The number of hydrogen-bond acceptors (Lipinski definition) is 4. The standard InChI is InChI=1S/C15H30N4O/c1-17-9-11-18(12-10-17)15(20)13-19(8-7-16)14-5-3-2-4-6-14/h14H,2-13,16H2,1H3. The molecule has 0 aromatic carbocycles. The third-order valence-electron chi connectivity index (χ3n) is 4.70. The van der Waals surface area contributed by atoms with Crippen molar-refractivity contribution in [2.45, 2.75) is 38.1 Å². The summed E-state index contributed by atoms with van der Waals surface area (Å²) in [7, 11) is 2.12. The van der Waals surface area contributed by atoms with Crippen molar-refractivity contribution in [3.63, 3.8) is 0 Å². The molecular weight excluding hydrogens is 252 g/mol. The van der Waals surface area contributed by atoms with Crippen LogP contribution in [-0.2, 0) is 4.79 Å². The first-order valence-electron chi connectivity index (χ1n) is 8.11. The Morgan fingerprint density at radius 3 is 2.40 bits per heavy atom. The van der Waals surface area contributed by atoms with Gasteiger partial charge < -0.3 is 15.5 Å². The largest absolute Gasteiger partial charge is 0.339 e. The maximum Gasteiger partial charge on any atom is 0.236 e. The molecule has 0 aromatic rings. The van der Waals surface area contributed by atoms with Crippen molar-refractivity contribution in [1.29, 1.82) is 0 Å². The topological polar surface area (TPSA) is 52.8 Å². The summed E-state index contributed by atoms with van der Waals surface area (Å²) in [6.45, 7) is 5.79. The molecule has 2 N–H and O–H groups in total. The Morgan fingerprint density at radius 2 is 1.80 bits per heavy atom. The van der Waals surface area contributed by atoms with Gasteiger partial charge >= 0.3 is 0 Å². The van der Waals surface area contributed by atoms with Crippen LogP contribution in [0, 0.1) is 0 Å². The summed E-state index contributed by atoms with van der Waals surface area (Å²) in [5.74, 6) is 0.289. The van der Waals surface area contributed by atoms with E-state index in [0.29, 0.717) is 19.1 Å². The van der Waals surface area contributed by atoms with Crippen molar-refractivity contribution in [3.05, 3.63) is 0 Å². The Hall–Kier alpha value is -0.650. The fourth-order valence-electron chi connectivity index (χ4n) is 3.33. The summed E-state index contributed by atoms with van der Waals surface area (Å²) in [6, 6.07) is 0.573. The lowest BCUT2D eigenvalue weighted by molar-refractivity contribution is -0.134. The van der Waals surface area contributed by atoms with Gasteiger partial charge in [0, 0.05) is 45.3 Å². The minimum absolute atomic E-state index is 0.289. The summed E-state index contributed by atoms with van der Waals surface area (Å²) in [5, 5.41) is 0. The van der Waals surface area contributed by atoms with Gasteiger partial charge in [0.2, 0.25) is 5.91 Å². The molecule has 2 fully saturated rings. The zero-order valence-electron chi connectivity index (χ0n) is 12.9. The van der Waals surface area contributed by atoms with Crippen LogP contribution in [0.25, 0.3) is 0 Å². The van der Waals surface area contributed by atoms with Crippen molar-refractivity contribution < 1.29 is 4.79 Å². The minimum Gasteiger partial charge on any atom is -0.339 e. The van der Waals surface area contributed by atoms with Gasteiger partial charge in [0.1, 0.15) is 0 Å². The van der Waals surface area contributed by atoms with Gasteiger partial charge in [0.25, 0.3) is 0 Å². The van der Waals surface area contributed by atoms with Gasteiger partial charge in [-0.05, 0) is 19.9 Å². The summed E-state index contributed by atoms with van der Waals surface area (Å²) in [6.07, 6.45) is 6.41. The summed E-state index contributed by atoms with van der Waals surface area (Å²) in [4.78, 5) is 19.1. The molecule has 2 rings (SSSR count). The summed E-state index contributed by atoms with van der Waals surface area (Å²) >= 11 is 0. The van der Waals surface area contributed by atoms with Gasteiger partial charge in [-0.3, -0.25) is 9.69 Å². The smallest absolute Gasteiger partial charge is 0.236 e. The molecule has 116 valence electrons. The number of carbonyl (C=O) groups excluding carboxylic acids is 1. The molecule has 1 aliphatic carbocycles. The SMILES string of the molecule is CN1CCN(C(=O)CN(CCN)C2CCCCC2)CC1. The molecule has 0 radical (unpaired) electrons. The number of likely N-dealkylation sites (N-methyl/N-ethyl adjacent to an activating group) is 1. The number of amides is 1. The highest BCUT2D eigenvalue weighted by Gasteiger charge is 2.25. The average Bonchev–Trinajstić information content (AvgIpc) is 2.48. The molecule has 1 amide bonds. The first-order chi connectivity index (χ1) is 9.70. The lowest BCUT2D eigenvalue weighted by atomic mass is 9.94. The van der Waals surface area contributed by atoms with E-state index in [1.807, 2.05) is 4.90 Å². The Kier molecular flexibility index (Phi) is 6.26. The molecule has 5 heteroatoms. The van der Waals surface area contributed by atoms with Crippen LogP contribution >= 0.6 is 0 Å². The lowest BCUT2D eigenvalue weighted by Gasteiger charge is -2.37. The summed E-state index contributed by atoms with van der Waals surface area (Å²) in [5.41, 5.74) is 5.74. The molecule has 1 heterocycles. The van der Waals surface area contributed by atoms with Crippen molar-refractivity contribution in [2.75, 3.05) is 52.9 Å². The Bertz CT molecular complexity index is 296. The molecule has 1 aliphatic heterocycles. The van der Waals surface area contributed by atoms with Crippen LogP contribution < -0.4 is 5.73 Å². The maximum atomic E-state index is 12.5. The van der Waals surface area contributed by atoms with Gasteiger partial charge in [-0.15, -0.1) is 0 Å². The first-order valence-corrected chi connectivity index (χ1v) is 8.11. The summed E-state index contributed by atoms with van der Waals surface area (Å²) < 4.78 is 0. The second kappa shape index (κ2) is 7.96. The van der Waals surface area contributed by atoms with Crippen molar-refractivity contribution >= 4 is 5.91 Å². The van der Waals surface area contributed by atoms with Crippen molar-refractivity contribution in [2.24, 2.45) is 5.73 Å². The number of nitrogens with zero attached hydrogens (tertiary/aromatic N) is 3. The lowest BCUT2D eigenvalue weighted by Crippen LogP contribution is -2.52. The van der Waals surface area contributed by atoms with E-state index < -0.39 is 0 Å². The quantitative estimate of drug-likeness (QED) is 0.791. The fourth-order valence-corrected chi connectivity index (χ4v) is 3.33. The van der Waals surface area contributed by atoms with Crippen LogP contribution in [0.4, 0.5) is 0 Å². The van der Waals surface area contributed by atoms with Crippen molar-refractivity contribution in [3.8, 4) is 0 Å². The Morgan fingerprint density at radius 1 is 1.15 bits per heavy atom. The van der Waals surface area contributed by atoms with Crippen LogP contribution in [-0.4, -0.2) is 79.5 Å². The third-order valence-corrected chi connectivity index (χ3v) is 4.70. The van der Waals surface area contributed by atoms with E-state index in [-0.39, 0.29) is 5.91 Å². The number of rotatable bonds is 5. The molecular formula is C15H30N4O. The van der Waals surface area contributed by atoms with E-state index >= 15 is 0 Å².